The van der Waals surface area contributed by atoms with Crippen LogP contribution >= 0.6 is 23.2 Å². The maximum atomic E-state index is 14.6. The highest BCUT2D eigenvalue weighted by Crippen LogP contribution is 2.30. The maximum absolute atomic E-state index is 14.6. The zero-order valence-electron chi connectivity index (χ0n) is 25.9. The first-order valence-electron chi connectivity index (χ1n) is 14.8. The van der Waals surface area contributed by atoms with Crippen LogP contribution in [0.4, 0.5) is 5.69 Å². The Hall–Kier alpha value is -4.05. The summed E-state index contributed by atoms with van der Waals surface area (Å²) in [5.41, 5.74) is 1.47. The Kier molecular flexibility index (Phi) is 12.1. The van der Waals surface area contributed by atoms with Gasteiger partial charge < -0.3 is 15.0 Å². The highest BCUT2D eigenvalue weighted by Gasteiger charge is 2.35. The van der Waals surface area contributed by atoms with Crippen molar-refractivity contribution < 1.29 is 22.7 Å². The number of ether oxygens (including phenoxy) is 1. The molecule has 0 aliphatic carbocycles. The third-order valence-electron chi connectivity index (χ3n) is 7.61. The van der Waals surface area contributed by atoms with Crippen molar-refractivity contribution in [2.45, 2.75) is 50.2 Å². The second-order valence-corrected chi connectivity index (χ2v) is 13.4. The monoisotopic (exact) mass is 681 g/mol. The number of benzene rings is 4. The largest absolute Gasteiger partial charge is 0.497 e. The lowest BCUT2D eigenvalue weighted by atomic mass is 10.0. The molecule has 46 heavy (non-hydrogen) atoms. The summed E-state index contributed by atoms with van der Waals surface area (Å²) < 4.78 is 34.7. The summed E-state index contributed by atoms with van der Waals surface area (Å²) in [5, 5.41) is 3.63. The third-order valence-corrected chi connectivity index (χ3v) is 10.1. The van der Waals surface area contributed by atoms with Crippen molar-refractivity contribution >= 4 is 50.7 Å². The van der Waals surface area contributed by atoms with Crippen molar-refractivity contribution in [2.24, 2.45) is 0 Å². The molecule has 1 N–H and O–H groups in total. The van der Waals surface area contributed by atoms with Gasteiger partial charge in [-0.15, -0.1) is 0 Å². The van der Waals surface area contributed by atoms with Crippen molar-refractivity contribution in [2.75, 3.05) is 18.0 Å². The molecule has 8 nitrogen and oxygen atoms in total. The van der Waals surface area contributed by atoms with Crippen molar-refractivity contribution in [3.8, 4) is 5.75 Å². The molecule has 2 atom stereocenters. The number of nitrogens with zero attached hydrogens (tertiary/aromatic N) is 2. The molecular formula is C35H37Cl2N3O5S. The second-order valence-electron chi connectivity index (χ2n) is 10.8. The van der Waals surface area contributed by atoms with Crippen LogP contribution in [-0.4, -0.2) is 50.9 Å². The van der Waals surface area contributed by atoms with Crippen LogP contribution in [0.25, 0.3) is 0 Å². The van der Waals surface area contributed by atoms with Gasteiger partial charge in [-0.05, 0) is 55.3 Å². The van der Waals surface area contributed by atoms with E-state index in [9.17, 15) is 18.0 Å². The van der Waals surface area contributed by atoms with E-state index in [0.29, 0.717) is 27.8 Å². The minimum atomic E-state index is -4.25. The zero-order chi connectivity index (χ0) is 33.3. The quantitative estimate of drug-likeness (QED) is 0.159. The smallest absolute Gasteiger partial charge is 0.264 e. The van der Waals surface area contributed by atoms with Crippen molar-refractivity contribution in [1.29, 1.82) is 0 Å². The normalized spacial score (nSPS) is 12.5. The number of carbonyl (C=O) groups excluding carboxylic acids is 2. The number of nitrogens with one attached hydrogen (secondary N) is 1. The Morgan fingerprint density at radius 3 is 2.09 bits per heavy atom. The number of rotatable bonds is 14. The summed E-state index contributed by atoms with van der Waals surface area (Å²) in [6.07, 6.45) is 0.842. The molecule has 0 aliphatic heterocycles. The van der Waals surface area contributed by atoms with E-state index < -0.39 is 28.5 Å². The van der Waals surface area contributed by atoms with E-state index in [1.165, 1.54) is 24.1 Å². The van der Waals surface area contributed by atoms with E-state index in [1.54, 1.807) is 60.7 Å². The van der Waals surface area contributed by atoms with E-state index in [2.05, 4.69) is 5.32 Å². The summed E-state index contributed by atoms with van der Waals surface area (Å²) >= 11 is 13.1. The summed E-state index contributed by atoms with van der Waals surface area (Å²) in [7, 11) is -2.78. The predicted octanol–water partition coefficient (Wildman–Crippen LogP) is 6.75. The molecule has 4 rings (SSSR count). The Bertz CT molecular complexity index is 1720. The number of hydrogen-bond acceptors (Lipinski definition) is 5. The lowest BCUT2D eigenvalue weighted by Crippen LogP contribution is -2.54. The second kappa shape index (κ2) is 16.0. The molecule has 0 spiro atoms. The summed E-state index contributed by atoms with van der Waals surface area (Å²) in [4.78, 5) is 29.9. The van der Waals surface area contributed by atoms with E-state index in [1.807, 2.05) is 44.2 Å². The first-order valence-corrected chi connectivity index (χ1v) is 17.0. The number of halogens is 2. The number of methoxy groups -OCH3 is 1. The van der Waals surface area contributed by atoms with E-state index >= 15 is 0 Å². The van der Waals surface area contributed by atoms with Crippen LogP contribution in [0.2, 0.25) is 10.0 Å². The molecule has 0 saturated carbocycles. The first-order chi connectivity index (χ1) is 22.0. The first kappa shape index (κ1) is 34.8. The van der Waals surface area contributed by atoms with Gasteiger partial charge in [0, 0.05) is 40.7 Å². The molecule has 0 saturated heterocycles. The molecule has 0 aliphatic rings. The van der Waals surface area contributed by atoms with E-state index in [-0.39, 0.29) is 35.5 Å². The summed E-state index contributed by atoms with van der Waals surface area (Å²) in [6, 6.07) is 27.4. The Labute approximate surface area is 280 Å². The molecule has 4 aromatic carbocycles. The minimum absolute atomic E-state index is 0.00154. The van der Waals surface area contributed by atoms with Gasteiger partial charge >= 0.3 is 0 Å². The Morgan fingerprint density at radius 1 is 0.870 bits per heavy atom. The molecule has 11 heteroatoms. The Morgan fingerprint density at radius 2 is 1.48 bits per heavy atom. The van der Waals surface area contributed by atoms with Gasteiger partial charge in [0.15, 0.2) is 0 Å². The van der Waals surface area contributed by atoms with Crippen LogP contribution in [0.15, 0.2) is 108 Å². The van der Waals surface area contributed by atoms with Crippen LogP contribution in [-0.2, 0) is 32.6 Å². The predicted molar refractivity (Wildman–Crippen MR) is 183 cm³/mol. The number of sulfonamides is 1. The van der Waals surface area contributed by atoms with Crippen molar-refractivity contribution in [3.63, 3.8) is 0 Å². The lowest BCUT2D eigenvalue weighted by Gasteiger charge is -2.34. The summed E-state index contributed by atoms with van der Waals surface area (Å²) in [5.74, 6) is -0.597. The standard InChI is InChI=1S/C35H37Cl2N3O5S/c1-4-25(2)38-35(42)33(21-26-13-7-5-8-14-26)39(23-30-31(36)19-12-20-32(30)37)34(41)24-40(27-15-11-16-28(22-27)45-3)46(43,44)29-17-9-6-10-18-29/h5-20,22,25,33H,4,21,23-24H2,1-3H3,(H,38,42)/t25-,33+/m1/s1. The molecule has 0 heterocycles. The molecule has 4 aromatic rings. The molecule has 2 amide bonds. The fraction of sp³-hybridized carbons (Fsp3) is 0.257. The topological polar surface area (TPSA) is 96.0 Å². The fourth-order valence-electron chi connectivity index (χ4n) is 4.86. The Balaban J connectivity index is 1.85. The maximum Gasteiger partial charge on any atom is 0.264 e. The van der Waals surface area contributed by atoms with Crippen LogP contribution in [0.5, 0.6) is 5.75 Å². The van der Waals surface area contributed by atoms with Crippen LogP contribution in [0.1, 0.15) is 31.4 Å². The van der Waals surface area contributed by atoms with Crippen LogP contribution in [0.3, 0.4) is 0 Å². The van der Waals surface area contributed by atoms with Gasteiger partial charge in [0.2, 0.25) is 11.8 Å². The number of anilines is 1. The van der Waals surface area contributed by atoms with Gasteiger partial charge in [0.25, 0.3) is 10.0 Å². The molecule has 0 bridgehead atoms. The van der Waals surface area contributed by atoms with Gasteiger partial charge in [-0.3, -0.25) is 13.9 Å². The van der Waals surface area contributed by atoms with Crippen LogP contribution < -0.4 is 14.4 Å². The van der Waals surface area contributed by atoms with Gasteiger partial charge in [0.1, 0.15) is 18.3 Å². The number of hydrogen-bond donors (Lipinski definition) is 1. The molecule has 242 valence electrons. The van der Waals surface area contributed by atoms with Gasteiger partial charge in [-0.2, -0.15) is 0 Å². The lowest BCUT2D eigenvalue weighted by molar-refractivity contribution is -0.140. The average Bonchev–Trinajstić information content (AvgIpc) is 3.06. The van der Waals surface area contributed by atoms with E-state index in [4.69, 9.17) is 27.9 Å². The number of carbonyl (C=O) groups is 2. The number of amides is 2. The molecular weight excluding hydrogens is 645 g/mol. The van der Waals surface area contributed by atoms with Gasteiger partial charge in [-0.1, -0.05) is 90.8 Å². The molecule has 0 aromatic heterocycles. The average molecular weight is 683 g/mol. The van der Waals surface area contributed by atoms with Gasteiger partial charge in [0.05, 0.1) is 17.7 Å². The van der Waals surface area contributed by atoms with Crippen molar-refractivity contribution in [3.05, 3.63) is 124 Å². The highest BCUT2D eigenvalue weighted by atomic mass is 35.5. The van der Waals surface area contributed by atoms with E-state index in [0.717, 1.165) is 9.87 Å². The van der Waals surface area contributed by atoms with Gasteiger partial charge in [-0.25, -0.2) is 8.42 Å². The molecule has 0 fully saturated rings. The van der Waals surface area contributed by atoms with Crippen molar-refractivity contribution in [1.82, 2.24) is 10.2 Å². The van der Waals surface area contributed by atoms with Crippen LogP contribution in [0, 0.1) is 0 Å². The highest BCUT2D eigenvalue weighted by molar-refractivity contribution is 7.92. The third kappa shape index (κ3) is 8.60. The SMILES string of the molecule is CC[C@@H](C)NC(=O)[C@H](Cc1ccccc1)N(Cc1c(Cl)cccc1Cl)C(=O)CN(c1cccc(OC)c1)S(=O)(=O)c1ccccc1. The molecule has 0 radical (unpaired) electrons. The fourth-order valence-corrected chi connectivity index (χ4v) is 6.81. The zero-order valence-corrected chi connectivity index (χ0v) is 28.2. The summed E-state index contributed by atoms with van der Waals surface area (Å²) in [6.45, 7) is 3.07. The minimum Gasteiger partial charge on any atom is -0.497 e. The molecule has 0 unspecified atom stereocenters.